The maximum atomic E-state index is 15.2. The third-order valence-corrected chi connectivity index (χ3v) is 6.72. The number of allylic oxidation sites excluding steroid dienone is 1. The number of halogens is 3. The van der Waals surface area contributed by atoms with Gasteiger partial charge in [0, 0.05) is 17.5 Å². The van der Waals surface area contributed by atoms with Crippen LogP contribution >= 0.6 is 0 Å². The van der Waals surface area contributed by atoms with E-state index in [0.29, 0.717) is 53.4 Å². The summed E-state index contributed by atoms with van der Waals surface area (Å²) in [5.74, 6) is -1.23. The molecule has 1 nitrogen and oxygen atoms in total. The van der Waals surface area contributed by atoms with Crippen molar-refractivity contribution >= 4 is 0 Å². The highest BCUT2D eigenvalue weighted by molar-refractivity contribution is 5.53. The smallest absolute Gasteiger partial charge is 0.201 e. The normalized spacial score (nSPS) is 20.3. The molecule has 1 heterocycles. The second-order valence-corrected chi connectivity index (χ2v) is 8.76. The summed E-state index contributed by atoms with van der Waals surface area (Å²) in [4.78, 5) is 0. The van der Waals surface area contributed by atoms with Gasteiger partial charge in [0.05, 0.1) is 0 Å². The minimum absolute atomic E-state index is 0.0527. The van der Waals surface area contributed by atoms with Crippen LogP contribution in [-0.4, -0.2) is 0 Å². The number of hydrogen-bond donors (Lipinski definition) is 0. The lowest BCUT2D eigenvalue weighted by Crippen LogP contribution is -2.14. The quantitative estimate of drug-likeness (QED) is 0.376. The molecule has 0 N–H and O–H groups in total. The van der Waals surface area contributed by atoms with Crippen LogP contribution in [0.25, 0.3) is 0 Å². The number of aryl methyl sites for hydroxylation is 2. The molecule has 0 saturated heterocycles. The van der Waals surface area contributed by atoms with Gasteiger partial charge in [-0.3, -0.25) is 0 Å². The first-order valence-corrected chi connectivity index (χ1v) is 11.1. The van der Waals surface area contributed by atoms with Gasteiger partial charge >= 0.3 is 0 Å². The Hall–Kier alpha value is -2.23. The maximum Gasteiger partial charge on any atom is 0.201 e. The van der Waals surface area contributed by atoms with Gasteiger partial charge in [-0.15, -0.1) is 6.58 Å². The summed E-state index contributed by atoms with van der Waals surface area (Å²) in [6.45, 7) is 5.80. The summed E-state index contributed by atoms with van der Waals surface area (Å²) >= 11 is 0. The fourth-order valence-corrected chi connectivity index (χ4v) is 4.87. The van der Waals surface area contributed by atoms with Crippen LogP contribution in [0.5, 0.6) is 11.5 Å². The van der Waals surface area contributed by atoms with Crippen LogP contribution in [-0.2, 0) is 19.3 Å². The van der Waals surface area contributed by atoms with Crippen molar-refractivity contribution in [1.29, 1.82) is 0 Å². The van der Waals surface area contributed by atoms with Gasteiger partial charge in [-0.1, -0.05) is 31.6 Å². The van der Waals surface area contributed by atoms with Gasteiger partial charge in [0.2, 0.25) is 5.82 Å². The Bertz CT molecular complexity index is 942. The second-order valence-electron chi connectivity index (χ2n) is 8.76. The van der Waals surface area contributed by atoms with E-state index < -0.39 is 17.5 Å². The van der Waals surface area contributed by atoms with E-state index in [4.69, 9.17) is 4.74 Å². The molecule has 0 spiro atoms. The molecule has 1 aliphatic carbocycles. The Labute approximate surface area is 177 Å². The topological polar surface area (TPSA) is 9.23 Å². The van der Waals surface area contributed by atoms with E-state index in [1.165, 1.54) is 0 Å². The van der Waals surface area contributed by atoms with Crippen molar-refractivity contribution in [3.05, 3.63) is 70.6 Å². The summed E-state index contributed by atoms with van der Waals surface area (Å²) in [7, 11) is 0. The molecule has 160 valence electrons. The van der Waals surface area contributed by atoms with E-state index in [9.17, 15) is 8.78 Å². The Morgan fingerprint density at radius 3 is 2.37 bits per heavy atom. The van der Waals surface area contributed by atoms with E-state index in [1.54, 1.807) is 6.07 Å². The van der Waals surface area contributed by atoms with Gasteiger partial charge in [0.1, 0.15) is 0 Å². The fourth-order valence-electron chi connectivity index (χ4n) is 4.87. The first-order chi connectivity index (χ1) is 14.5. The lowest BCUT2D eigenvalue weighted by molar-refractivity contribution is 0.295. The van der Waals surface area contributed by atoms with Crippen LogP contribution in [0.1, 0.15) is 67.7 Å². The van der Waals surface area contributed by atoms with Crippen molar-refractivity contribution in [3.8, 4) is 11.5 Å². The van der Waals surface area contributed by atoms with Gasteiger partial charge in [-0.05, 0) is 74.0 Å². The van der Waals surface area contributed by atoms with Crippen LogP contribution < -0.4 is 4.74 Å². The molecule has 4 heteroatoms. The van der Waals surface area contributed by atoms with E-state index in [0.717, 1.165) is 38.5 Å². The molecule has 0 unspecified atom stereocenters. The standard InChI is InChI=1S/C26H29F3O/c1-3-5-19-14-21-15-20-13-12-18(11-10-17-8-6-16(4-2)7-9-17)23(28)25(20)30-26(21)24(29)22(19)27/h4,12-14,16-17H,2-3,5-11,15H2,1H3. The number of ether oxygens (including phenoxy) is 1. The summed E-state index contributed by atoms with van der Waals surface area (Å²) in [6, 6.07) is 5.35. The summed E-state index contributed by atoms with van der Waals surface area (Å²) in [6.07, 6.45) is 9.75. The van der Waals surface area contributed by atoms with Gasteiger partial charge < -0.3 is 4.74 Å². The van der Waals surface area contributed by atoms with Gasteiger partial charge in [-0.25, -0.2) is 8.78 Å². The number of hydrogen-bond acceptors (Lipinski definition) is 1. The first kappa shape index (κ1) is 21.0. The lowest BCUT2D eigenvalue weighted by Gasteiger charge is -2.27. The average molecular weight is 415 g/mol. The van der Waals surface area contributed by atoms with Crippen molar-refractivity contribution < 1.29 is 17.9 Å². The molecule has 1 aliphatic heterocycles. The highest BCUT2D eigenvalue weighted by Gasteiger charge is 2.28. The molecular weight excluding hydrogens is 385 g/mol. The van der Waals surface area contributed by atoms with Crippen molar-refractivity contribution in [2.24, 2.45) is 11.8 Å². The van der Waals surface area contributed by atoms with E-state index in [-0.39, 0.29) is 11.5 Å². The van der Waals surface area contributed by atoms with Crippen molar-refractivity contribution in [2.75, 3.05) is 0 Å². The molecule has 1 fully saturated rings. The average Bonchev–Trinajstić information content (AvgIpc) is 2.76. The zero-order chi connectivity index (χ0) is 21.3. The predicted octanol–water partition coefficient (Wildman–Crippen LogP) is 7.68. The van der Waals surface area contributed by atoms with Crippen LogP contribution in [0.4, 0.5) is 13.2 Å². The lowest BCUT2D eigenvalue weighted by atomic mass is 9.79. The van der Waals surface area contributed by atoms with Gasteiger partial charge in [-0.2, -0.15) is 4.39 Å². The van der Waals surface area contributed by atoms with Crippen molar-refractivity contribution in [3.63, 3.8) is 0 Å². The minimum Gasteiger partial charge on any atom is -0.450 e. The van der Waals surface area contributed by atoms with Crippen LogP contribution in [0.15, 0.2) is 30.9 Å². The summed E-state index contributed by atoms with van der Waals surface area (Å²) < 4.78 is 49.8. The molecule has 0 aromatic heterocycles. The molecule has 0 bridgehead atoms. The Morgan fingerprint density at radius 1 is 0.933 bits per heavy atom. The second kappa shape index (κ2) is 8.87. The molecular formula is C26H29F3O. The van der Waals surface area contributed by atoms with E-state index >= 15 is 4.39 Å². The molecule has 30 heavy (non-hydrogen) atoms. The largest absolute Gasteiger partial charge is 0.450 e. The molecule has 1 saturated carbocycles. The summed E-state index contributed by atoms with van der Waals surface area (Å²) in [5, 5.41) is 0. The van der Waals surface area contributed by atoms with Crippen LogP contribution in [0.3, 0.4) is 0 Å². The van der Waals surface area contributed by atoms with Crippen LogP contribution in [0.2, 0.25) is 0 Å². The Kier molecular flexibility index (Phi) is 6.21. The Morgan fingerprint density at radius 2 is 1.67 bits per heavy atom. The van der Waals surface area contributed by atoms with Crippen molar-refractivity contribution in [2.45, 2.75) is 64.7 Å². The molecule has 2 aromatic rings. The molecule has 0 amide bonds. The Balaban J connectivity index is 1.52. The van der Waals surface area contributed by atoms with Crippen LogP contribution in [0, 0.1) is 29.3 Å². The molecule has 2 aliphatic rings. The monoisotopic (exact) mass is 414 g/mol. The van der Waals surface area contributed by atoms with Gasteiger partial charge in [0.15, 0.2) is 23.1 Å². The highest BCUT2D eigenvalue weighted by atomic mass is 19.2. The number of benzene rings is 2. The number of fused-ring (bicyclic) bond motifs is 2. The predicted molar refractivity (Wildman–Crippen MR) is 114 cm³/mol. The third-order valence-electron chi connectivity index (χ3n) is 6.72. The third kappa shape index (κ3) is 4.01. The minimum atomic E-state index is -1.01. The fraction of sp³-hybridized carbons (Fsp3) is 0.462. The highest BCUT2D eigenvalue weighted by Crippen LogP contribution is 2.42. The number of rotatable bonds is 6. The maximum absolute atomic E-state index is 15.2. The zero-order valence-electron chi connectivity index (χ0n) is 17.6. The van der Waals surface area contributed by atoms with Crippen molar-refractivity contribution in [1.82, 2.24) is 0 Å². The summed E-state index contributed by atoms with van der Waals surface area (Å²) in [5.41, 5.74) is 2.20. The molecule has 0 atom stereocenters. The molecule has 2 aromatic carbocycles. The van der Waals surface area contributed by atoms with Gasteiger partial charge in [0.25, 0.3) is 0 Å². The van der Waals surface area contributed by atoms with E-state index in [2.05, 4.69) is 6.58 Å². The molecule has 4 rings (SSSR count). The SMILES string of the molecule is C=CC1CCC(CCc2ccc3c(c2F)Oc2c(cc(CCC)c(F)c2F)C3)CC1. The molecule has 0 radical (unpaired) electrons. The first-order valence-electron chi connectivity index (χ1n) is 11.1. The van der Waals surface area contributed by atoms with E-state index in [1.807, 2.05) is 25.1 Å². The zero-order valence-corrected chi connectivity index (χ0v) is 17.6.